The molecular formula is C28H30F3NO. The summed E-state index contributed by atoms with van der Waals surface area (Å²) in [6, 6.07) is 20.3. The van der Waals surface area contributed by atoms with Crippen molar-refractivity contribution in [1.29, 1.82) is 0 Å². The Balaban J connectivity index is 1.60. The summed E-state index contributed by atoms with van der Waals surface area (Å²) in [5.74, 6) is 0. The Kier molecular flexibility index (Phi) is 6.91. The summed E-state index contributed by atoms with van der Waals surface area (Å²) in [5.41, 5.74) is 4.44. The lowest BCUT2D eigenvalue weighted by Crippen LogP contribution is -2.43. The lowest BCUT2D eigenvalue weighted by Gasteiger charge is -2.38. The van der Waals surface area contributed by atoms with Crippen LogP contribution in [0.4, 0.5) is 13.2 Å². The molecule has 0 atom stereocenters. The zero-order chi connectivity index (χ0) is 23.5. The number of aryl methyl sites for hydroxylation is 1. The van der Waals surface area contributed by atoms with Crippen molar-refractivity contribution in [2.45, 2.75) is 44.9 Å². The van der Waals surface area contributed by atoms with Crippen molar-refractivity contribution >= 4 is 0 Å². The minimum absolute atomic E-state index is 0.121. The molecule has 1 N–H and O–H groups in total. The molecular weight excluding hydrogens is 423 g/mol. The van der Waals surface area contributed by atoms with Gasteiger partial charge in [0.25, 0.3) is 0 Å². The van der Waals surface area contributed by atoms with Crippen LogP contribution in [0.3, 0.4) is 0 Å². The second-order valence-electron chi connectivity index (χ2n) is 9.05. The van der Waals surface area contributed by atoms with E-state index in [1.165, 1.54) is 17.7 Å². The highest BCUT2D eigenvalue weighted by atomic mass is 19.4. The van der Waals surface area contributed by atoms with E-state index in [4.69, 9.17) is 4.74 Å². The van der Waals surface area contributed by atoms with E-state index in [0.717, 1.165) is 42.6 Å². The largest absolute Gasteiger partial charge is 0.416 e. The van der Waals surface area contributed by atoms with Crippen LogP contribution in [0.1, 0.15) is 40.7 Å². The quantitative estimate of drug-likeness (QED) is 0.442. The van der Waals surface area contributed by atoms with E-state index in [2.05, 4.69) is 17.4 Å². The first-order chi connectivity index (χ1) is 15.8. The Bertz CT molecular complexity index is 1090. The molecule has 0 aliphatic carbocycles. The Morgan fingerprint density at radius 3 is 2.33 bits per heavy atom. The molecule has 0 spiro atoms. The van der Waals surface area contributed by atoms with Crippen molar-refractivity contribution in [1.82, 2.24) is 5.32 Å². The average molecular weight is 454 g/mol. The van der Waals surface area contributed by atoms with Gasteiger partial charge in [-0.2, -0.15) is 13.2 Å². The maximum absolute atomic E-state index is 13.7. The summed E-state index contributed by atoms with van der Waals surface area (Å²) in [5, 5.41) is 3.40. The summed E-state index contributed by atoms with van der Waals surface area (Å²) >= 11 is 0. The van der Waals surface area contributed by atoms with Crippen molar-refractivity contribution in [3.63, 3.8) is 0 Å². The van der Waals surface area contributed by atoms with E-state index in [0.29, 0.717) is 17.7 Å². The van der Waals surface area contributed by atoms with Gasteiger partial charge in [-0.1, -0.05) is 48.5 Å². The number of piperidine rings is 1. The van der Waals surface area contributed by atoms with Crippen LogP contribution in [0, 0.1) is 13.8 Å². The fourth-order valence-electron chi connectivity index (χ4n) is 4.74. The van der Waals surface area contributed by atoms with Crippen LogP contribution in [0.2, 0.25) is 0 Å². The molecule has 3 aromatic rings. The molecule has 174 valence electrons. The predicted octanol–water partition coefficient (Wildman–Crippen LogP) is 6.83. The summed E-state index contributed by atoms with van der Waals surface area (Å²) < 4.78 is 47.2. The Hall–Kier alpha value is -2.63. The molecule has 33 heavy (non-hydrogen) atoms. The van der Waals surface area contributed by atoms with E-state index in [9.17, 15) is 13.2 Å². The minimum Gasteiger partial charge on any atom is -0.376 e. The molecule has 0 aromatic heterocycles. The van der Waals surface area contributed by atoms with E-state index in [1.54, 1.807) is 0 Å². The molecule has 1 saturated heterocycles. The zero-order valence-electron chi connectivity index (χ0n) is 19.1. The predicted molar refractivity (Wildman–Crippen MR) is 126 cm³/mol. The summed E-state index contributed by atoms with van der Waals surface area (Å²) in [4.78, 5) is 0. The second kappa shape index (κ2) is 9.70. The number of rotatable bonds is 6. The molecule has 0 radical (unpaired) electrons. The zero-order valence-corrected chi connectivity index (χ0v) is 19.1. The van der Waals surface area contributed by atoms with Crippen LogP contribution in [0.15, 0.2) is 66.7 Å². The van der Waals surface area contributed by atoms with E-state index in [-0.39, 0.29) is 12.0 Å². The number of alkyl halides is 3. The van der Waals surface area contributed by atoms with Crippen LogP contribution in [-0.4, -0.2) is 19.7 Å². The van der Waals surface area contributed by atoms with Gasteiger partial charge in [0, 0.05) is 5.41 Å². The Labute approximate surface area is 193 Å². The highest BCUT2D eigenvalue weighted by molar-refractivity contribution is 5.70. The molecule has 0 saturated carbocycles. The van der Waals surface area contributed by atoms with Crippen molar-refractivity contribution in [3.05, 3.63) is 94.5 Å². The molecule has 0 amide bonds. The first-order valence-electron chi connectivity index (χ1n) is 11.4. The number of hydrogen-bond donors (Lipinski definition) is 1. The van der Waals surface area contributed by atoms with Crippen molar-refractivity contribution in [3.8, 4) is 11.1 Å². The van der Waals surface area contributed by atoms with Crippen molar-refractivity contribution in [2.75, 3.05) is 19.7 Å². The summed E-state index contributed by atoms with van der Waals surface area (Å²) in [7, 11) is 0. The lowest BCUT2D eigenvalue weighted by molar-refractivity contribution is -0.137. The van der Waals surface area contributed by atoms with Gasteiger partial charge in [-0.05, 0) is 91.4 Å². The SMILES string of the molecule is Cc1cccc(-c2cc(COCC3(c4ccccc4)CCNCC3)cc(C(F)(F)F)c2)c1C. The number of nitrogens with one attached hydrogen (secondary N) is 1. The molecule has 1 heterocycles. The second-order valence-corrected chi connectivity index (χ2v) is 9.05. The van der Waals surface area contributed by atoms with Crippen LogP contribution in [0.25, 0.3) is 11.1 Å². The number of benzene rings is 3. The number of hydrogen-bond acceptors (Lipinski definition) is 2. The van der Waals surface area contributed by atoms with E-state index < -0.39 is 11.7 Å². The average Bonchev–Trinajstić information content (AvgIpc) is 2.81. The highest BCUT2D eigenvalue weighted by Gasteiger charge is 2.34. The Morgan fingerprint density at radius 2 is 1.64 bits per heavy atom. The maximum Gasteiger partial charge on any atom is 0.416 e. The molecule has 0 unspecified atom stereocenters. The first kappa shape index (κ1) is 23.5. The third-order valence-electron chi connectivity index (χ3n) is 6.83. The smallest absolute Gasteiger partial charge is 0.376 e. The van der Waals surface area contributed by atoms with Gasteiger partial charge in [-0.15, -0.1) is 0 Å². The third-order valence-corrected chi connectivity index (χ3v) is 6.83. The minimum atomic E-state index is -4.41. The fraction of sp³-hybridized carbons (Fsp3) is 0.357. The van der Waals surface area contributed by atoms with Gasteiger partial charge in [-0.3, -0.25) is 0 Å². The lowest BCUT2D eigenvalue weighted by atomic mass is 9.74. The van der Waals surface area contributed by atoms with Gasteiger partial charge in [-0.25, -0.2) is 0 Å². The molecule has 4 rings (SSSR count). The molecule has 1 aliphatic heterocycles. The molecule has 2 nitrogen and oxygen atoms in total. The molecule has 1 fully saturated rings. The van der Waals surface area contributed by atoms with Gasteiger partial charge in [0.2, 0.25) is 0 Å². The number of halogens is 3. The van der Waals surface area contributed by atoms with Gasteiger partial charge >= 0.3 is 6.18 Å². The number of ether oxygens (including phenoxy) is 1. The molecule has 1 aliphatic rings. The highest BCUT2D eigenvalue weighted by Crippen LogP contribution is 2.36. The maximum atomic E-state index is 13.7. The van der Waals surface area contributed by atoms with Crippen molar-refractivity contribution in [2.24, 2.45) is 0 Å². The standard InChI is InChI=1S/C28H30F3NO/c1-20-7-6-10-26(21(20)2)23-15-22(16-25(17-23)28(29,30)31)18-33-19-27(11-13-32-14-12-27)24-8-4-3-5-9-24/h3-10,15-17,32H,11-14,18-19H2,1-2H3. The van der Waals surface area contributed by atoms with E-state index in [1.807, 2.05) is 56.3 Å². The van der Waals surface area contributed by atoms with Gasteiger partial charge in [0.1, 0.15) is 0 Å². The van der Waals surface area contributed by atoms with Crippen molar-refractivity contribution < 1.29 is 17.9 Å². The van der Waals surface area contributed by atoms with E-state index >= 15 is 0 Å². The topological polar surface area (TPSA) is 21.3 Å². The summed E-state index contributed by atoms with van der Waals surface area (Å²) in [6.07, 6.45) is -2.54. The van der Waals surface area contributed by atoms with Crippen LogP contribution in [-0.2, 0) is 22.9 Å². The first-order valence-corrected chi connectivity index (χ1v) is 11.4. The fourth-order valence-corrected chi connectivity index (χ4v) is 4.74. The summed E-state index contributed by atoms with van der Waals surface area (Å²) in [6.45, 7) is 6.34. The van der Waals surface area contributed by atoms with Crippen LogP contribution < -0.4 is 5.32 Å². The molecule has 3 aromatic carbocycles. The molecule has 5 heteroatoms. The van der Waals surface area contributed by atoms with Crippen LogP contribution in [0.5, 0.6) is 0 Å². The van der Waals surface area contributed by atoms with Gasteiger partial charge < -0.3 is 10.1 Å². The normalized spacial score (nSPS) is 16.0. The van der Waals surface area contributed by atoms with Crippen LogP contribution >= 0.6 is 0 Å². The Morgan fingerprint density at radius 1 is 0.909 bits per heavy atom. The van der Waals surface area contributed by atoms with Gasteiger partial charge in [0.15, 0.2) is 0 Å². The molecule has 0 bridgehead atoms. The monoisotopic (exact) mass is 453 g/mol. The van der Waals surface area contributed by atoms with Gasteiger partial charge in [0.05, 0.1) is 18.8 Å². The third kappa shape index (κ3) is 5.31.